The summed E-state index contributed by atoms with van der Waals surface area (Å²) < 4.78 is 49.3. The number of amides is 1. The van der Waals surface area contributed by atoms with Gasteiger partial charge in [-0.25, -0.2) is 0 Å². The maximum Gasteiger partial charge on any atom is 0.416 e. The predicted octanol–water partition coefficient (Wildman–Crippen LogP) is 2.24. The zero-order valence-electron chi connectivity index (χ0n) is 11.9. The first kappa shape index (κ1) is 17.5. The molecule has 0 aliphatic rings. The topological polar surface area (TPSA) is 58.2 Å². The minimum Gasteiger partial charge on any atom is -0.387 e. The number of rotatable bonds is 5. The molecule has 0 saturated carbocycles. The lowest BCUT2D eigenvalue weighted by Crippen LogP contribution is -2.33. The third-order valence-corrected chi connectivity index (χ3v) is 4.28. The van der Waals surface area contributed by atoms with Crippen LogP contribution in [0.5, 0.6) is 0 Å². The molecule has 2 N–H and O–H groups in total. The van der Waals surface area contributed by atoms with Gasteiger partial charge < -0.3 is 10.6 Å². The Hall–Kier alpha value is -1.57. The van der Waals surface area contributed by atoms with Gasteiger partial charge in [0.05, 0.1) is 11.1 Å². The number of halogens is 3. The van der Waals surface area contributed by atoms with Gasteiger partial charge in [-0.15, -0.1) is 0 Å². The number of carbonyl (C=O) groups excluding carboxylic acids is 1. The molecule has 0 saturated heterocycles. The van der Waals surface area contributed by atoms with Gasteiger partial charge >= 0.3 is 6.18 Å². The Morgan fingerprint density at radius 1 is 1.38 bits per heavy atom. The lowest BCUT2D eigenvalue weighted by Gasteiger charge is -2.14. The van der Waals surface area contributed by atoms with Crippen molar-refractivity contribution in [1.82, 2.24) is 5.32 Å². The molecule has 0 heterocycles. The van der Waals surface area contributed by atoms with Gasteiger partial charge in [0.2, 0.25) is 0 Å². The first-order valence-corrected chi connectivity index (χ1v) is 7.78. The van der Waals surface area contributed by atoms with Crippen LogP contribution in [0.1, 0.15) is 22.8 Å². The standard InChI is InChI=1S/C13H17F3N2O2S/c1-8(21(3)20)7-18-12(19)10-6-9(13(14,15)16)4-5-11(10)17-2/h4-6,8,17H,7H2,1-3H3,(H,18,19). The van der Waals surface area contributed by atoms with E-state index in [1.54, 1.807) is 6.92 Å². The summed E-state index contributed by atoms with van der Waals surface area (Å²) in [4.78, 5) is 12.0. The van der Waals surface area contributed by atoms with E-state index in [-0.39, 0.29) is 17.4 Å². The van der Waals surface area contributed by atoms with Gasteiger partial charge in [-0.3, -0.25) is 9.00 Å². The Balaban J connectivity index is 2.99. The molecule has 0 aromatic heterocycles. The van der Waals surface area contributed by atoms with E-state index in [2.05, 4.69) is 10.6 Å². The van der Waals surface area contributed by atoms with Gasteiger partial charge in [-0.2, -0.15) is 13.2 Å². The van der Waals surface area contributed by atoms with E-state index in [0.717, 1.165) is 12.1 Å². The number of anilines is 1. The van der Waals surface area contributed by atoms with Crippen LogP contribution in [0, 0.1) is 0 Å². The highest BCUT2D eigenvalue weighted by atomic mass is 32.2. The molecule has 118 valence electrons. The van der Waals surface area contributed by atoms with Crippen LogP contribution in [-0.4, -0.2) is 35.2 Å². The van der Waals surface area contributed by atoms with Crippen molar-refractivity contribution < 1.29 is 22.2 Å². The Kier molecular flexibility index (Phi) is 5.77. The van der Waals surface area contributed by atoms with Crippen LogP contribution in [0.3, 0.4) is 0 Å². The van der Waals surface area contributed by atoms with E-state index < -0.39 is 28.4 Å². The van der Waals surface area contributed by atoms with Crippen LogP contribution >= 0.6 is 0 Å². The van der Waals surface area contributed by atoms with Gasteiger partial charge in [0, 0.05) is 41.6 Å². The molecule has 1 rings (SSSR count). The van der Waals surface area contributed by atoms with Crippen molar-refractivity contribution in [3.8, 4) is 0 Å². The van der Waals surface area contributed by atoms with E-state index in [9.17, 15) is 22.2 Å². The molecule has 4 nitrogen and oxygen atoms in total. The van der Waals surface area contributed by atoms with Gasteiger partial charge in [0.15, 0.2) is 0 Å². The maximum atomic E-state index is 12.7. The Morgan fingerprint density at radius 3 is 2.48 bits per heavy atom. The lowest BCUT2D eigenvalue weighted by molar-refractivity contribution is -0.137. The average molecular weight is 322 g/mol. The highest BCUT2D eigenvalue weighted by Gasteiger charge is 2.31. The van der Waals surface area contributed by atoms with Crippen molar-refractivity contribution in [2.75, 3.05) is 25.2 Å². The normalized spacial score (nSPS) is 14.4. The minimum absolute atomic E-state index is 0.0959. The lowest BCUT2D eigenvalue weighted by atomic mass is 10.1. The maximum absolute atomic E-state index is 12.7. The zero-order valence-corrected chi connectivity index (χ0v) is 12.7. The Bertz CT molecular complexity index is 547. The summed E-state index contributed by atoms with van der Waals surface area (Å²) in [6.07, 6.45) is -3.01. The average Bonchev–Trinajstić information content (AvgIpc) is 2.42. The molecule has 0 bridgehead atoms. The van der Waals surface area contributed by atoms with Crippen molar-refractivity contribution >= 4 is 22.4 Å². The van der Waals surface area contributed by atoms with Crippen LogP contribution in [0.15, 0.2) is 18.2 Å². The van der Waals surface area contributed by atoms with Crippen molar-refractivity contribution in [2.45, 2.75) is 18.3 Å². The Morgan fingerprint density at radius 2 is 2.00 bits per heavy atom. The van der Waals surface area contributed by atoms with E-state index in [1.807, 2.05) is 0 Å². The van der Waals surface area contributed by atoms with Gasteiger partial charge in [0.1, 0.15) is 0 Å². The fourth-order valence-corrected chi connectivity index (χ4v) is 1.89. The van der Waals surface area contributed by atoms with Crippen LogP contribution in [0.2, 0.25) is 0 Å². The van der Waals surface area contributed by atoms with Crippen molar-refractivity contribution in [2.24, 2.45) is 0 Å². The molecular weight excluding hydrogens is 305 g/mol. The molecule has 0 fully saturated rings. The molecule has 1 aromatic rings. The summed E-state index contributed by atoms with van der Waals surface area (Å²) in [7, 11) is 0.398. The van der Waals surface area contributed by atoms with Crippen molar-refractivity contribution in [1.29, 1.82) is 0 Å². The fraction of sp³-hybridized carbons (Fsp3) is 0.462. The largest absolute Gasteiger partial charge is 0.416 e. The first-order chi connectivity index (χ1) is 9.66. The number of carbonyl (C=O) groups is 1. The molecule has 0 radical (unpaired) electrons. The van der Waals surface area contributed by atoms with Gasteiger partial charge in [-0.05, 0) is 25.1 Å². The quantitative estimate of drug-likeness (QED) is 0.874. The molecule has 0 aliphatic carbocycles. The third kappa shape index (κ3) is 4.73. The number of nitrogens with one attached hydrogen (secondary N) is 2. The summed E-state index contributed by atoms with van der Waals surface area (Å²) in [5.74, 6) is -0.636. The van der Waals surface area contributed by atoms with Gasteiger partial charge in [0.25, 0.3) is 5.91 Å². The SMILES string of the molecule is CNc1ccc(C(F)(F)F)cc1C(=O)NCC(C)S(C)=O. The second-order valence-corrected chi connectivity index (χ2v) is 6.33. The molecule has 2 unspecified atom stereocenters. The smallest absolute Gasteiger partial charge is 0.387 e. The van der Waals surface area contributed by atoms with Crippen molar-refractivity contribution in [3.63, 3.8) is 0 Å². The monoisotopic (exact) mass is 322 g/mol. The van der Waals surface area contributed by atoms with Crippen molar-refractivity contribution in [3.05, 3.63) is 29.3 Å². The molecule has 0 spiro atoms. The summed E-state index contributed by atoms with van der Waals surface area (Å²) in [5, 5.41) is 4.89. The number of alkyl halides is 3. The third-order valence-electron chi connectivity index (χ3n) is 2.98. The Labute approximate surface area is 123 Å². The predicted molar refractivity (Wildman–Crippen MR) is 76.9 cm³/mol. The van der Waals surface area contributed by atoms with Crippen LogP contribution in [0.25, 0.3) is 0 Å². The molecule has 0 aliphatic heterocycles. The number of hydrogen-bond donors (Lipinski definition) is 2. The molecular formula is C13H17F3N2O2S. The summed E-state index contributed by atoms with van der Waals surface area (Å²) in [5.41, 5.74) is -0.689. The first-order valence-electron chi connectivity index (χ1n) is 6.16. The molecule has 21 heavy (non-hydrogen) atoms. The minimum atomic E-state index is -4.51. The molecule has 8 heteroatoms. The highest BCUT2D eigenvalue weighted by Crippen LogP contribution is 2.31. The molecule has 1 aromatic carbocycles. The van der Waals surface area contributed by atoms with E-state index in [0.29, 0.717) is 5.69 Å². The number of benzene rings is 1. The summed E-state index contributed by atoms with van der Waals surface area (Å²) in [6.45, 7) is 1.81. The van der Waals surface area contributed by atoms with E-state index >= 15 is 0 Å². The van der Waals surface area contributed by atoms with Crippen LogP contribution < -0.4 is 10.6 Å². The highest BCUT2D eigenvalue weighted by molar-refractivity contribution is 7.84. The second-order valence-electron chi connectivity index (χ2n) is 4.53. The zero-order chi connectivity index (χ0) is 16.2. The second kappa shape index (κ2) is 6.93. The summed E-state index contributed by atoms with van der Waals surface area (Å²) in [6, 6.07) is 2.92. The molecule has 2 atom stereocenters. The van der Waals surface area contributed by atoms with E-state index in [1.165, 1.54) is 19.4 Å². The molecule has 1 amide bonds. The van der Waals surface area contributed by atoms with Gasteiger partial charge in [-0.1, -0.05) is 0 Å². The van der Waals surface area contributed by atoms with Crippen LogP contribution in [-0.2, 0) is 17.0 Å². The summed E-state index contributed by atoms with van der Waals surface area (Å²) >= 11 is 0. The number of hydrogen-bond acceptors (Lipinski definition) is 3. The van der Waals surface area contributed by atoms with E-state index in [4.69, 9.17) is 0 Å². The van der Waals surface area contributed by atoms with Crippen LogP contribution in [0.4, 0.5) is 18.9 Å². The fourth-order valence-electron chi connectivity index (χ4n) is 1.58.